The molecule has 1 amide bonds. The fraction of sp³-hybridized carbons (Fsp3) is 0.0952. The quantitative estimate of drug-likeness (QED) is 0.731. The first kappa shape index (κ1) is 16.7. The highest BCUT2D eigenvalue weighted by Crippen LogP contribution is 2.36. The molecule has 0 aliphatic heterocycles. The van der Waals surface area contributed by atoms with E-state index < -0.39 is 11.7 Å². The molecule has 0 fully saturated rings. The van der Waals surface area contributed by atoms with E-state index in [0.717, 1.165) is 11.1 Å². The number of hydrogen-bond donors (Lipinski definition) is 2. The number of halogens is 1. The van der Waals surface area contributed by atoms with Gasteiger partial charge in [0.25, 0.3) is 0 Å². The number of carbonyl (C=O) groups excluding carboxylic acids is 1. The van der Waals surface area contributed by atoms with Gasteiger partial charge in [0.05, 0.1) is 0 Å². The van der Waals surface area contributed by atoms with Crippen molar-refractivity contribution in [1.82, 2.24) is 0 Å². The van der Waals surface area contributed by atoms with Crippen molar-refractivity contribution < 1.29 is 14.3 Å². The van der Waals surface area contributed by atoms with Crippen molar-refractivity contribution in [3.8, 4) is 28.0 Å². The molecular formula is C21H18FNO2. The molecule has 0 aliphatic rings. The van der Waals surface area contributed by atoms with Crippen LogP contribution in [0.5, 0.6) is 5.75 Å². The highest BCUT2D eigenvalue weighted by molar-refractivity contribution is 5.78. The second-order valence-corrected chi connectivity index (χ2v) is 5.84. The molecule has 3 rings (SSSR count). The van der Waals surface area contributed by atoms with Gasteiger partial charge < -0.3 is 10.8 Å². The van der Waals surface area contributed by atoms with Crippen LogP contribution in [0.2, 0.25) is 0 Å². The largest absolute Gasteiger partial charge is 0.507 e. The highest BCUT2D eigenvalue weighted by Gasteiger charge is 2.15. The van der Waals surface area contributed by atoms with Gasteiger partial charge in [0.1, 0.15) is 11.6 Å². The van der Waals surface area contributed by atoms with Crippen molar-refractivity contribution in [2.75, 3.05) is 0 Å². The molecule has 0 radical (unpaired) electrons. The Bertz CT molecular complexity index is 907. The predicted molar refractivity (Wildman–Crippen MR) is 96.5 cm³/mol. The average molecular weight is 335 g/mol. The second-order valence-electron chi connectivity index (χ2n) is 5.84. The third kappa shape index (κ3) is 3.69. The number of aromatic hydroxyl groups is 1. The number of hydrogen-bond acceptors (Lipinski definition) is 2. The van der Waals surface area contributed by atoms with E-state index in [1.807, 2.05) is 42.5 Å². The van der Waals surface area contributed by atoms with Crippen LogP contribution in [-0.4, -0.2) is 11.0 Å². The zero-order chi connectivity index (χ0) is 17.8. The van der Waals surface area contributed by atoms with Gasteiger partial charge in [0, 0.05) is 17.5 Å². The smallest absolute Gasteiger partial charge is 0.217 e. The number of primary amides is 1. The molecule has 0 heterocycles. The van der Waals surface area contributed by atoms with Crippen molar-refractivity contribution in [1.29, 1.82) is 0 Å². The van der Waals surface area contributed by atoms with Crippen LogP contribution in [0, 0.1) is 5.82 Å². The number of aryl methyl sites for hydroxylation is 1. The summed E-state index contributed by atoms with van der Waals surface area (Å²) in [5.74, 6) is -0.826. The van der Waals surface area contributed by atoms with Gasteiger partial charge in [-0.1, -0.05) is 54.6 Å². The first-order chi connectivity index (χ1) is 12.1. The maximum atomic E-state index is 14.8. The molecule has 3 nitrogen and oxygen atoms in total. The van der Waals surface area contributed by atoms with Crippen molar-refractivity contribution in [3.05, 3.63) is 78.1 Å². The van der Waals surface area contributed by atoms with Crippen molar-refractivity contribution in [2.45, 2.75) is 12.8 Å². The Hall–Kier alpha value is -3.14. The molecule has 3 aromatic carbocycles. The van der Waals surface area contributed by atoms with E-state index in [9.17, 15) is 14.3 Å². The number of benzene rings is 3. The fourth-order valence-corrected chi connectivity index (χ4v) is 2.88. The lowest BCUT2D eigenvalue weighted by atomic mass is 9.93. The van der Waals surface area contributed by atoms with Crippen LogP contribution >= 0.6 is 0 Å². The summed E-state index contributed by atoms with van der Waals surface area (Å²) in [4.78, 5) is 11.1. The minimum Gasteiger partial charge on any atom is -0.507 e. The third-order valence-corrected chi connectivity index (χ3v) is 4.12. The molecule has 0 saturated carbocycles. The van der Waals surface area contributed by atoms with Crippen LogP contribution in [0.1, 0.15) is 12.0 Å². The molecule has 0 bridgehead atoms. The Morgan fingerprint density at radius 3 is 2.32 bits per heavy atom. The average Bonchev–Trinajstić information content (AvgIpc) is 2.62. The summed E-state index contributed by atoms with van der Waals surface area (Å²) in [5.41, 5.74) is 8.16. The second kappa shape index (κ2) is 7.18. The lowest BCUT2D eigenvalue weighted by molar-refractivity contribution is -0.117. The molecule has 0 atom stereocenters. The summed E-state index contributed by atoms with van der Waals surface area (Å²) < 4.78 is 14.8. The van der Waals surface area contributed by atoms with Gasteiger partial charge in [-0.15, -0.1) is 0 Å². The first-order valence-corrected chi connectivity index (χ1v) is 8.01. The molecule has 0 unspecified atom stereocenters. The molecular weight excluding hydrogens is 317 g/mol. The monoisotopic (exact) mass is 335 g/mol. The summed E-state index contributed by atoms with van der Waals surface area (Å²) in [6.07, 6.45) is 0.610. The van der Waals surface area contributed by atoms with Crippen LogP contribution in [0.15, 0.2) is 66.7 Å². The fourth-order valence-electron chi connectivity index (χ4n) is 2.88. The van der Waals surface area contributed by atoms with E-state index in [-0.39, 0.29) is 12.2 Å². The van der Waals surface area contributed by atoms with Crippen molar-refractivity contribution in [3.63, 3.8) is 0 Å². The van der Waals surface area contributed by atoms with Gasteiger partial charge in [-0.05, 0) is 35.2 Å². The first-order valence-electron chi connectivity index (χ1n) is 8.01. The van der Waals surface area contributed by atoms with Gasteiger partial charge in [0.2, 0.25) is 5.91 Å². The Labute approximate surface area is 145 Å². The lowest BCUT2D eigenvalue weighted by Crippen LogP contribution is -2.11. The Balaban J connectivity index is 2.05. The zero-order valence-electron chi connectivity index (χ0n) is 13.6. The molecule has 3 N–H and O–H groups in total. The van der Waals surface area contributed by atoms with Crippen LogP contribution in [0.3, 0.4) is 0 Å². The SMILES string of the molecule is NC(=O)CCc1ccccc1-c1cc(O)c(-c2ccccc2)cc1F. The predicted octanol–water partition coefficient (Wildman–Crippen LogP) is 4.28. The van der Waals surface area contributed by atoms with Crippen LogP contribution in [0.25, 0.3) is 22.3 Å². The minimum absolute atomic E-state index is 0.00676. The molecule has 3 aromatic rings. The van der Waals surface area contributed by atoms with Crippen LogP contribution in [0.4, 0.5) is 4.39 Å². The number of carbonyl (C=O) groups is 1. The summed E-state index contributed by atoms with van der Waals surface area (Å²) in [5, 5.41) is 10.4. The zero-order valence-corrected chi connectivity index (χ0v) is 13.6. The Morgan fingerprint density at radius 2 is 1.60 bits per heavy atom. The van der Waals surface area contributed by atoms with Crippen molar-refractivity contribution >= 4 is 5.91 Å². The molecule has 0 aliphatic carbocycles. The number of nitrogens with two attached hydrogens (primary N) is 1. The van der Waals surface area contributed by atoms with E-state index in [2.05, 4.69) is 0 Å². The number of amides is 1. The van der Waals surface area contributed by atoms with E-state index in [1.165, 1.54) is 12.1 Å². The standard InChI is InChI=1S/C21H18FNO2/c22-19-12-17(14-6-2-1-3-7-14)20(24)13-18(19)16-9-5-4-8-15(16)10-11-21(23)25/h1-9,12-13,24H,10-11H2,(H2,23,25). The van der Waals surface area contributed by atoms with E-state index in [4.69, 9.17) is 5.73 Å². The van der Waals surface area contributed by atoms with Gasteiger partial charge >= 0.3 is 0 Å². The Morgan fingerprint density at radius 1 is 0.920 bits per heavy atom. The normalized spacial score (nSPS) is 10.6. The van der Waals surface area contributed by atoms with Crippen LogP contribution < -0.4 is 5.73 Å². The van der Waals surface area contributed by atoms with E-state index in [1.54, 1.807) is 12.1 Å². The van der Waals surface area contributed by atoms with Gasteiger partial charge in [-0.2, -0.15) is 0 Å². The number of phenolic OH excluding ortho intramolecular Hbond substituents is 1. The van der Waals surface area contributed by atoms with Gasteiger partial charge in [-0.3, -0.25) is 4.79 Å². The summed E-state index contributed by atoms with van der Waals surface area (Å²) >= 11 is 0. The molecule has 0 spiro atoms. The van der Waals surface area contributed by atoms with Crippen LogP contribution in [-0.2, 0) is 11.2 Å². The number of rotatable bonds is 5. The molecule has 25 heavy (non-hydrogen) atoms. The summed E-state index contributed by atoms with van der Waals surface area (Å²) in [6, 6.07) is 19.2. The highest BCUT2D eigenvalue weighted by atomic mass is 19.1. The van der Waals surface area contributed by atoms with Crippen molar-refractivity contribution in [2.24, 2.45) is 5.73 Å². The topological polar surface area (TPSA) is 63.3 Å². The third-order valence-electron chi connectivity index (χ3n) is 4.12. The lowest BCUT2D eigenvalue weighted by Gasteiger charge is -2.13. The molecule has 0 aromatic heterocycles. The minimum atomic E-state index is -0.428. The van der Waals surface area contributed by atoms with E-state index in [0.29, 0.717) is 23.1 Å². The van der Waals surface area contributed by atoms with Gasteiger partial charge in [0.15, 0.2) is 0 Å². The Kier molecular flexibility index (Phi) is 4.80. The van der Waals surface area contributed by atoms with E-state index >= 15 is 0 Å². The maximum Gasteiger partial charge on any atom is 0.217 e. The molecule has 0 saturated heterocycles. The summed E-state index contributed by atoms with van der Waals surface area (Å²) in [6.45, 7) is 0. The molecule has 4 heteroatoms. The summed E-state index contributed by atoms with van der Waals surface area (Å²) in [7, 11) is 0. The molecule has 126 valence electrons. The van der Waals surface area contributed by atoms with Gasteiger partial charge in [-0.25, -0.2) is 4.39 Å². The maximum absolute atomic E-state index is 14.8. The number of phenols is 1.